The van der Waals surface area contributed by atoms with E-state index in [2.05, 4.69) is 4.98 Å². The molecule has 2 fully saturated rings. The van der Waals surface area contributed by atoms with E-state index < -0.39 is 0 Å². The summed E-state index contributed by atoms with van der Waals surface area (Å²) < 4.78 is 24.9. The highest BCUT2D eigenvalue weighted by molar-refractivity contribution is 5.80. The summed E-state index contributed by atoms with van der Waals surface area (Å²) in [4.78, 5) is 18.3. The van der Waals surface area contributed by atoms with Crippen molar-refractivity contribution in [1.82, 2.24) is 9.88 Å². The molecule has 1 aromatic carbocycles. The minimum atomic E-state index is -0.289. The average Bonchev–Trinajstić information content (AvgIpc) is 3.07. The molecule has 2 saturated heterocycles. The van der Waals surface area contributed by atoms with Crippen LogP contribution in [0.5, 0.6) is 0 Å². The zero-order valence-electron chi connectivity index (χ0n) is 15.1. The molecule has 2 aromatic rings. The summed E-state index contributed by atoms with van der Waals surface area (Å²) in [6.45, 7) is 3.11. The van der Waals surface area contributed by atoms with Crippen LogP contribution >= 0.6 is 0 Å². The minimum Gasteiger partial charge on any atom is -0.376 e. The molecule has 6 heteroatoms. The third-order valence-corrected chi connectivity index (χ3v) is 5.48. The largest absolute Gasteiger partial charge is 0.376 e. The fourth-order valence-electron chi connectivity index (χ4n) is 3.83. The van der Waals surface area contributed by atoms with Crippen LogP contribution in [0.4, 0.5) is 4.39 Å². The highest BCUT2D eigenvalue weighted by atomic mass is 19.1. The number of rotatable bonds is 6. The minimum absolute atomic E-state index is 0.0548. The summed E-state index contributed by atoms with van der Waals surface area (Å²) in [5.41, 5.74) is 1.66. The molecule has 1 amide bonds. The lowest BCUT2D eigenvalue weighted by Gasteiger charge is -2.50. The number of carbonyl (C=O) groups is 1. The van der Waals surface area contributed by atoms with Crippen molar-refractivity contribution >= 4 is 5.91 Å². The Morgan fingerprint density at radius 2 is 1.93 bits per heavy atom. The van der Waals surface area contributed by atoms with Gasteiger partial charge in [0.1, 0.15) is 11.4 Å². The van der Waals surface area contributed by atoms with Crippen molar-refractivity contribution in [3.05, 3.63) is 65.7 Å². The summed E-state index contributed by atoms with van der Waals surface area (Å²) in [5, 5.41) is 0. The molecule has 3 heterocycles. The van der Waals surface area contributed by atoms with Gasteiger partial charge in [-0.1, -0.05) is 12.1 Å². The van der Waals surface area contributed by atoms with Crippen molar-refractivity contribution < 1.29 is 18.7 Å². The number of aromatic nitrogens is 1. The van der Waals surface area contributed by atoms with Gasteiger partial charge in [-0.25, -0.2) is 4.39 Å². The molecule has 0 radical (unpaired) electrons. The maximum Gasteiger partial charge on any atom is 0.227 e. The molecular weight excluding hydrogens is 347 g/mol. The van der Waals surface area contributed by atoms with E-state index in [-0.39, 0.29) is 17.3 Å². The number of hydrogen-bond acceptors (Lipinski definition) is 4. The molecule has 0 bridgehead atoms. The van der Waals surface area contributed by atoms with Crippen molar-refractivity contribution in [2.45, 2.75) is 25.0 Å². The summed E-state index contributed by atoms with van der Waals surface area (Å²) in [5.74, 6) is 0.0662. The van der Waals surface area contributed by atoms with Gasteiger partial charge >= 0.3 is 0 Å². The lowest BCUT2D eigenvalue weighted by Crippen LogP contribution is -2.66. The second-order valence-corrected chi connectivity index (χ2v) is 7.32. The van der Waals surface area contributed by atoms with Crippen molar-refractivity contribution in [3.8, 4) is 0 Å². The number of pyridine rings is 1. The fraction of sp³-hybridized carbons (Fsp3) is 0.429. The predicted molar refractivity (Wildman–Crippen MR) is 97.4 cm³/mol. The highest BCUT2D eigenvalue weighted by Gasteiger charge is 2.54. The van der Waals surface area contributed by atoms with Crippen molar-refractivity contribution in [2.24, 2.45) is 5.92 Å². The van der Waals surface area contributed by atoms with E-state index in [1.54, 1.807) is 24.5 Å². The van der Waals surface area contributed by atoms with E-state index in [0.29, 0.717) is 45.2 Å². The zero-order chi connectivity index (χ0) is 18.7. The van der Waals surface area contributed by atoms with Gasteiger partial charge in [-0.2, -0.15) is 0 Å². The van der Waals surface area contributed by atoms with E-state index in [0.717, 1.165) is 17.5 Å². The smallest absolute Gasteiger partial charge is 0.227 e. The first-order chi connectivity index (χ1) is 13.1. The Hall–Kier alpha value is -2.31. The monoisotopic (exact) mass is 370 g/mol. The van der Waals surface area contributed by atoms with Crippen molar-refractivity contribution in [2.75, 3.05) is 26.3 Å². The maximum absolute atomic E-state index is 13.0. The molecule has 4 rings (SSSR count). The van der Waals surface area contributed by atoms with Crippen LogP contribution in [0.3, 0.4) is 0 Å². The first-order valence-corrected chi connectivity index (χ1v) is 9.27. The normalized spacial score (nSPS) is 20.6. The molecule has 1 atom stereocenters. The van der Waals surface area contributed by atoms with Crippen LogP contribution in [-0.4, -0.2) is 47.7 Å². The first-order valence-electron chi connectivity index (χ1n) is 9.27. The van der Waals surface area contributed by atoms with Crippen LogP contribution in [0.2, 0.25) is 0 Å². The zero-order valence-corrected chi connectivity index (χ0v) is 15.1. The molecule has 5 nitrogen and oxygen atoms in total. The molecule has 0 aliphatic carbocycles. The lowest BCUT2D eigenvalue weighted by molar-refractivity contribution is -0.168. The Balaban J connectivity index is 1.27. The standard InChI is InChI=1S/C21H23FN2O3/c22-19-3-1-16(2-4-19)11-20(25)24-14-21(15-24)18(7-10-27-21)13-26-12-17-5-8-23-9-6-17/h1-6,8-9,18H,7,10-15H2/t18-/m1/s1. The van der Waals surface area contributed by atoms with Gasteiger partial charge < -0.3 is 14.4 Å². The summed E-state index contributed by atoms with van der Waals surface area (Å²) in [6.07, 6.45) is 4.76. The Labute approximate surface area is 158 Å². The number of amides is 1. The molecule has 1 spiro atoms. The van der Waals surface area contributed by atoms with E-state index in [1.807, 2.05) is 17.0 Å². The molecule has 27 heavy (non-hydrogen) atoms. The summed E-state index contributed by atoms with van der Waals surface area (Å²) in [7, 11) is 0. The van der Waals surface area contributed by atoms with E-state index in [1.165, 1.54) is 12.1 Å². The first kappa shape index (κ1) is 18.1. The number of halogens is 1. The predicted octanol–water partition coefficient (Wildman–Crippen LogP) is 2.60. The third-order valence-electron chi connectivity index (χ3n) is 5.48. The maximum atomic E-state index is 13.0. The summed E-state index contributed by atoms with van der Waals surface area (Å²) in [6, 6.07) is 9.97. The second kappa shape index (κ2) is 7.74. The third kappa shape index (κ3) is 4.01. The van der Waals surface area contributed by atoms with Gasteiger partial charge in [0, 0.05) is 24.9 Å². The molecular formula is C21H23FN2O3. The molecule has 0 unspecified atom stereocenters. The Morgan fingerprint density at radius 3 is 2.67 bits per heavy atom. The van der Waals surface area contributed by atoms with Gasteiger partial charge in [0.05, 0.1) is 32.7 Å². The molecule has 0 saturated carbocycles. The average molecular weight is 370 g/mol. The van der Waals surface area contributed by atoms with E-state index in [4.69, 9.17) is 9.47 Å². The lowest BCUT2D eigenvalue weighted by atomic mass is 9.81. The Bertz CT molecular complexity index is 776. The highest BCUT2D eigenvalue weighted by Crippen LogP contribution is 2.40. The van der Waals surface area contributed by atoms with Crippen molar-refractivity contribution in [1.29, 1.82) is 0 Å². The molecule has 2 aliphatic rings. The SMILES string of the molecule is O=C(Cc1ccc(F)cc1)N1CC2(C1)OCC[C@@H]2COCc1ccncc1. The number of nitrogens with zero attached hydrogens (tertiary/aromatic N) is 2. The van der Waals surface area contributed by atoms with Crippen LogP contribution < -0.4 is 0 Å². The number of ether oxygens (including phenoxy) is 2. The topological polar surface area (TPSA) is 51.7 Å². The molecule has 2 aliphatic heterocycles. The van der Waals surface area contributed by atoms with Gasteiger partial charge in [-0.3, -0.25) is 9.78 Å². The van der Waals surface area contributed by atoms with Crippen molar-refractivity contribution in [3.63, 3.8) is 0 Å². The van der Waals surface area contributed by atoms with Gasteiger partial charge in [0.2, 0.25) is 5.91 Å². The van der Waals surface area contributed by atoms with E-state index >= 15 is 0 Å². The summed E-state index contributed by atoms with van der Waals surface area (Å²) >= 11 is 0. The van der Waals surface area contributed by atoms with Gasteiger partial charge in [0.15, 0.2) is 0 Å². The van der Waals surface area contributed by atoms with Crippen LogP contribution in [0, 0.1) is 11.7 Å². The number of hydrogen-bond donors (Lipinski definition) is 0. The van der Waals surface area contributed by atoms with Crippen LogP contribution in [-0.2, 0) is 27.3 Å². The van der Waals surface area contributed by atoms with Gasteiger partial charge in [0.25, 0.3) is 0 Å². The van der Waals surface area contributed by atoms with Crippen LogP contribution in [0.1, 0.15) is 17.5 Å². The number of carbonyl (C=O) groups excluding carboxylic acids is 1. The van der Waals surface area contributed by atoms with Gasteiger partial charge in [-0.15, -0.1) is 0 Å². The Morgan fingerprint density at radius 1 is 1.19 bits per heavy atom. The quantitative estimate of drug-likeness (QED) is 0.784. The van der Waals surface area contributed by atoms with E-state index in [9.17, 15) is 9.18 Å². The number of benzene rings is 1. The van der Waals surface area contributed by atoms with Crippen LogP contribution in [0.25, 0.3) is 0 Å². The molecule has 1 aromatic heterocycles. The van der Waals surface area contributed by atoms with Gasteiger partial charge in [-0.05, 0) is 41.8 Å². The Kier molecular flexibility index (Phi) is 5.18. The molecule has 0 N–H and O–H groups in total. The van der Waals surface area contributed by atoms with Crippen LogP contribution in [0.15, 0.2) is 48.8 Å². The second-order valence-electron chi connectivity index (χ2n) is 7.32. The fourth-order valence-corrected chi connectivity index (χ4v) is 3.83. The molecule has 142 valence electrons. The number of likely N-dealkylation sites (tertiary alicyclic amines) is 1.